The second-order valence-electron chi connectivity index (χ2n) is 3.90. The summed E-state index contributed by atoms with van der Waals surface area (Å²) in [5.74, 6) is 0. The van der Waals surface area contributed by atoms with Crippen molar-refractivity contribution in [3.63, 3.8) is 0 Å². The van der Waals surface area contributed by atoms with E-state index in [0.717, 1.165) is 10.6 Å². The van der Waals surface area contributed by atoms with E-state index in [1.165, 1.54) is 12.1 Å². The molecule has 5 nitrogen and oxygen atoms in total. The minimum Gasteiger partial charge on any atom is -0.304 e. The van der Waals surface area contributed by atoms with Crippen molar-refractivity contribution < 1.29 is 4.92 Å². The van der Waals surface area contributed by atoms with Crippen LogP contribution in [-0.2, 0) is 6.54 Å². The van der Waals surface area contributed by atoms with E-state index >= 15 is 0 Å². The Hall–Kier alpha value is -1.79. The average Bonchev–Trinajstić information content (AvgIpc) is 2.90. The van der Waals surface area contributed by atoms with Gasteiger partial charge in [-0.05, 0) is 12.5 Å². The van der Waals surface area contributed by atoms with E-state index in [2.05, 4.69) is 10.3 Å². The highest BCUT2D eigenvalue weighted by molar-refractivity contribution is 7.09. The molecule has 1 heterocycles. The number of hydrogen-bond acceptors (Lipinski definition) is 5. The maximum Gasteiger partial charge on any atom is 0.269 e. The molecule has 6 heteroatoms. The van der Waals surface area contributed by atoms with Crippen molar-refractivity contribution in [1.82, 2.24) is 10.3 Å². The van der Waals surface area contributed by atoms with Crippen LogP contribution in [0.1, 0.15) is 23.5 Å². The van der Waals surface area contributed by atoms with Gasteiger partial charge < -0.3 is 5.32 Å². The fourth-order valence-corrected chi connectivity index (χ4v) is 2.21. The van der Waals surface area contributed by atoms with Gasteiger partial charge in [0.25, 0.3) is 5.69 Å². The Morgan fingerprint density at radius 1 is 1.44 bits per heavy atom. The number of nitrogens with one attached hydrogen (secondary N) is 1. The molecule has 0 aliphatic carbocycles. The van der Waals surface area contributed by atoms with Gasteiger partial charge in [0.05, 0.1) is 11.0 Å². The standard InChI is InChI=1S/C12H13N3O2S/c1-9(12-13-6-7-18-12)14-8-10-2-4-11(5-3-10)15(16)17/h2-7,9,14H,8H2,1H3. The predicted molar refractivity (Wildman–Crippen MR) is 70.5 cm³/mol. The molecule has 1 aromatic heterocycles. The summed E-state index contributed by atoms with van der Waals surface area (Å²) in [6.07, 6.45) is 1.78. The van der Waals surface area contributed by atoms with Crippen LogP contribution in [0.25, 0.3) is 0 Å². The fraction of sp³-hybridized carbons (Fsp3) is 0.250. The lowest BCUT2D eigenvalue weighted by molar-refractivity contribution is -0.384. The van der Waals surface area contributed by atoms with Crippen LogP contribution in [0.2, 0.25) is 0 Å². The summed E-state index contributed by atoms with van der Waals surface area (Å²) in [6, 6.07) is 6.75. The molecule has 94 valence electrons. The molecule has 1 aromatic carbocycles. The van der Waals surface area contributed by atoms with Gasteiger partial charge in [0, 0.05) is 30.3 Å². The summed E-state index contributed by atoms with van der Waals surface area (Å²) in [6.45, 7) is 2.71. The first-order valence-electron chi connectivity index (χ1n) is 5.53. The zero-order valence-electron chi connectivity index (χ0n) is 9.87. The highest BCUT2D eigenvalue weighted by Gasteiger charge is 2.08. The zero-order chi connectivity index (χ0) is 13.0. The van der Waals surface area contributed by atoms with Crippen molar-refractivity contribution in [3.8, 4) is 0 Å². The molecule has 1 atom stereocenters. The van der Waals surface area contributed by atoms with Gasteiger partial charge in [-0.25, -0.2) is 4.98 Å². The normalized spacial score (nSPS) is 12.3. The lowest BCUT2D eigenvalue weighted by atomic mass is 10.2. The third-order valence-electron chi connectivity index (χ3n) is 2.58. The van der Waals surface area contributed by atoms with E-state index in [1.807, 2.05) is 12.3 Å². The Balaban J connectivity index is 1.92. The Bertz CT molecular complexity index is 511. The largest absolute Gasteiger partial charge is 0.304 e. The van der Waals surface area contributed by atoms with Crippen LogP contribution in [-0.4, -0.2) is 9.91 Å². The van der Waals surface area contributed by atoms with Gasteiger partial charge in [-0.1, -0.05) is 12.1 Å². The molecule has 2 rings (SSSR count). The van der Waals surface area contributed by atoms with Crippen LogP contribution in [0.15, 0.2) is 35.8 Å². The molecule has 0 aliphatic heterocycles. The van der Waals surface area contributed by atoms with E-state index in [9.17, 15) is 10.1 Å². The SMILES string of the molecule is CC(NCc1ccc([N+](=O)[O-])cc1)c1nccs1. The number of hydrogen-bond donors (Lipinski definition) is 1. The highest BCUT2D eigenvalue weighted by atomic mass is 32.1. The van der Waals surface area contributed by atoms with Gasteiger partial charge >= 0.3 is 0 Å². The molecule has 0 amide bonds. The van der Waals surface area contributed by atoms with Crippen LogP contribution in [0, 0.1) is 10.1 Å². The zero-order valence-corrected chi connectivity index (χ0v) is 10.7. The summed E-state index contributed by atoms with van der Waals surface area (Å²) in [4.78, 5) is 14.4. The third kappa shape index (κ3) is 3.12. The van der Waals surface area contributed by atoms with Gasteiger partial charge in [-0.15, -0.1) is 11.3 Å². The smallest absolute Gasteiger partial charge is 0.269 e. The van der Waals surface area contributed by atoms with Crippen molar-refractivity contribution in [3.05, 3.63) is 56.5 Å². The van der Waals surface area contributed by atoms with Gasteiger partial charge in [-0.3, -0.25) is 10.1 Å². The summed E-state index contributed by atoms with van der Waals surface area (Å²) in [7, 11) is 0. The minimum absolute atomic E-state index is 0.117. The summed E-state index contributed by atoms with van der Waals surface area (Å²) in [5, 5.41) is 16.8. The van der Waals surface area contributed by atoms with Crippen molar-refractivity contribution in [2.45, 2.75) is 19.5 Å². The van der Waals surface area contributed by atoms with Crippen LogP contribution in [0.5, 0.6) is 0 Å². The lowest BCUT2D eigenvalue weighted by Crippen LogP contribution is -2.17. The minimum atomic E-state index is -0.393. The van der Waals surface area contributed by atoms with Crippen LogP contribution in [0.4, 0.5) is 5.69 Å². The third-order valence-corrected chi connectivity index (χ3v) is 3.54. The van der Waals surface area contributed by atoms with Crippen molar-refractivity contribution in [2.75, 3.05) is 0 Å². The van der Waals surface area contributed by atoms with Crippen LogP contribution in [0.3, 0.4) is 0 Å². The molecule has 18 heavy (non-hydrogen) atoms. The Kier molecular flexibility index (Phi) is 4.01. The van der Waals surface area contributed by atoms with E-state index in [-0.39, 0.29) is 11.7 Å². The molecule has 0 fully saturated rings. The number of non-ortho nitro benzene ring substituents is 1. The Labute approximate surface area is 109 Å². The number of rotatable bonds is 5. The monoisotopic (exact) mass is 263 g/mol. The lowest BCUT2D eigenvalue weighted by Gasteiger charge is -2.10. The van der Waals surface area contributed by atoms with Gasteiger partial charge in [0.2, 0.25) is 0 Å². The second kappa shape index (κ2) is 5.70. The Morgan fingerprint density at radius 3 is 2.72 bits per heavy atom. The molecule has 1 N–H and O–H groups in total. The van der Waals surface area contributed by atoms with E-state index in [0.29, 0.717) is 6.54 Å². The number of nitro groups is 1. The number of nitrogens with zero attached hydrogens (tertiary/aromatic N) is 2. The summed E-state index contributed by atoms with van der Waals surface area (Å²) < 4.78 is 0. The van der Waals surface area contributed by atoms with E-state index in [4.69, 9.17) is 0 Å². The van der Waals surface area contributed by atoms with Crippen LogP contribution >= 0.6 is 11.3 Å². The maximum atomic E-state index is 10.5. The van der Waals surface area contributed by atoms with Gasteiger partial charge in [0.15, 0.2) is 0 Å². The topological polar surface area (TPSA) is 68.1 Å². The second-order valence-corrected chi connectivity index (χ2v) is 4.82. The molecular weight excluding hydrogens is 250 g/mol. The first kappa shape index (κ1) is 12.7. The van der Waals surface area contributed by atoms with E-state index in [1.54, 1.807) is 29.7 Å². The van der Waals surface area contributed by atoms with Crippen molar-refractivity contribution in [1.29, 1.82) is 0 Å². The first-order chi connectivity index (χ1) is 8.66. The molecule has 0 saturated heterocycles. The molecule has 0 bridgehead atoms. The molecule has 0 aliphatic rings. The maximum absolute atomic E-state index is 10.5. The molecule has 2 aromatic rings. The summed E-state index contributed by atoms with van der Waals surface area (Å²) >= 11 is 1.61. The number of benzene rings is 1. The number of thiazole rings is 1. The quantitative estimate of drug-likeness (QED) is 0.665. The van der Waals surface area contributed by atoms with Gasteiger partial charge in [0.1, 0.15) is 5.01 Å². The van der Waals surface area contributed by atoms with E-state index < -0.39 is 4.92 Å². The van der Waals surface area contributed by atoms with Gasteiger partial charge in [-0.2, -0.15) is 0 Å². The highest BCUT2D eigenvalue weighted by Crippen LogP contribution is 2.16. The van der Waals surface area contributed by atoms with Crippen molar-refractivity contribution in [2.24, 2.45) is 0 Å². The van der Waals surface area contributed by atoms with Crippen molar-refractivity contribution >= 4 is 17.0 Å². The number of nitro benzene ring substituents is 1. The average molecular weight is 263 g/mol. The van der Waals surface area contributed by atoms with Crippen LogP contribution < -0.4 is 5.32 Å². The molecule has 1 unspecified atom stereocenters. The molecular formula is C12H13N3O2S. The fourth-order valence-electron chi connectivity index (χ4n) is 1.54. The molecule has 0 spiro atoms. The molecule has 0 radical (unpaired) electrons. The predicted octanol–water partition coefficient (Wildman–Crippen LogP) is 2.90. The molecule has 0 saturated carbocycles. The number of aromatic nitrogens is 1. The Morgan fingerprint density at radius 2 is 2.17 bits per heavy atom. The summed E-state index contributed by atoms with van der Waals surface area (Å²) in [5.41, 5.74) is 1.13. The first-order valence-corrected chi connectivity index (χ1v) is 6.41.